The summed E-state index contributed by atoms with van der Waals surface area (Å²) in [4.78, 5) is 0. The Kier molecular flexibility index (Phi) is 4.53. The third-order valence-corrected chi connectivity index (χ3v) is 5.02. The minimum absolute atomic E-state index is 0.0224. The van der Waals surface area contributed by atoms with Gasteiger partial charge in [0.25, 0.3) is 5.82 Å². The zero-order chi connectivity index (χ0) is 19.9. The van der Waals surface area contributed by atoms with Gasteiger partial charge in [0, 0.05) is 12.1 Å². The molecule has 0 atom stereocenters. The fraction of sp³-hybridized carbons (Fsp3) is 0.235. The minimum atomic E-state index is -4.64. The minimum Gasteiger partial charge on any atom is -0.302 e. The normalized spacial score (nSPS) is 12.0. The molecule has 11 heteroatoms. The SMILES string of the molecule is CCn1c(Sc2ccc3nnc(C(F)(F)F)n3n2)nnc1-c1ccccc1C. The molecule has 7 nitrogen and oxygen atoms in total. The van der Waals surface area contributed by atoms with Gasteiger partial charge in [-0.3, -0.25) is 0 Å². The van der Waals surface area contributed by atoms with Crippen LogP contribution in [0, 0.1) is 6.92 Å². The molecule has 0 aliphatic rings. The van der Waals surface area contributed by atoms with Crippen molar-refractivity contribution in [1.82, 2.24) is 34.6 Å². The summed E-state index contributed by atoms with van der Waals surface area (Å²) in [6.45, 7) is 4.53. The van der Waals surface area contributed by atoms with E-state index in [4.69, 9.17) is 0 Å². The third kappa shape index (κ3) is 3.21. The van der Waals surface area contributed by atoms with Crippen LogP contribution in [0.2, 0.25) is 0 Å². The predicted octanol–water partition coefficient (Wildman–Crippen LogP) is 3.88. The van der Waals surface area contributed by atoms with Crippen LogP contribution < -0.4 is 0 Å². The molecule has 0 bridgehead atoms. The molecule has 1 aromatic carbocycles. The summed E-state index contributed by atoms with van der Waals surface area (Å²) in [5, 5.41) is 20.1. The molecule has 0 unspecified atom stereocenters. The second-order valence-corrected chi connectivity index (χ2v) is 6.92. The lowest BCUT2D eigenvalue weighted by Gasteiger charge is -2.09. The smallest absolute Gasteiger partial charge is 0.302 e. The monoisotopic (exact) mass is 405 g/mol. The van der Waals surface area contributed by atoms with Crippen molar-refractivity contribution in [2.24, 2.45) is 0 Å². The lowest BCUT2D eigenvalue weighted by Crippen LogP contribution is -2.12. The highest BCUT2D eigenvalue weighted by Gasteiger charge is 2.37. The van der Waals surface area contributed by atoms with E-state index in [2.05, 4.69) is 25.5 Å². The van der Waals surface area contributed by atoms with E-state index in [1.165, 1.54) is 6.07 Å². The Morgan fingerprint density at radius 1 is 1.00 bits per heavy atom. The second kappa shape index (κ2) is 6.89. The van der Waals surface area contributed by atoms with E-state index in [0.717, 1.165) is 22.9 Å². The average Bonchev–Trinajstić information content (AvgIpc) is 3.25. The number of fused-ring (bicyclic) bond motifs is 1. The first-order chi connectivity index (χ1) is 13.4. The van der Waals surface area contributed by atoms with Crippen molar-refractivity contribution in [2.45, 2.75) is 36.8 Å². The molecule has 0 saturated carbocycles. The Morgan fingerprint density at radius 3 is 2.50 bits per heavy atom. The molecule has 3 aromatic heterocycles. The molecule has 0 aliphatic carbocycles. The van der Waals surface area contributed by atoms with Crippen LogP contribution in [0.15, 0.2) is 46.6 Å². The van der Waals surface area contributed by atoms with Gasteiger partial charge < -0.3 is 4.57 Å². The lowest BCUT2D eigenvalue weighted by atomic mass is 10.1. The summed E-state index contributed by atoms with van der Waals surface area (Å²) in [6.07, 6.45) is -4.64. The Balaban J connectivity index is 1.73. The first-order valence-corrected chi connectivity index (χ1v) is 9.17. The first-order valence-electron chi connectivity index (χ1n) is 8.35. The number of aromatic nitrogens is 7. The third-order valence-electron chi connectivity index (χ3n) is 4.11. The van der Waals surface area contributed by atoms with Crippen molar-refractivity contribution in [3.63, 3.8) is 0 Å². The van der Waals surface area contributed by atoms with E-state index in [-0.39, 0.29) is 5.65 Å². The highest BCUT2D eigenvalue weighted by molar-refractivity contribution is 7.99. The molecule has 0 fully saturated rings. The Morgan fingerprint density at radius 2 is 1.79 bits per heavy atom. The van der Waals surface area contributed by atoms with Gasteiger partial charge in [0.05, 0.1) is 0 Å². The van der Waals surface area contributed by atoms with Gasteiger partial charge in [0.2, 0.25) is 0 Å². The number of benzene rings is 1. The van der Waals surface area contributed by atoms with Crippen LogP contribution in [0.25, 0.3) is 17.0 Å². The van der Waals surface area contributed by atoms with Crippen LogP contribution in [-0.2, 0) is 12.7 Å². The summed E-state index contributed by atoms with van der Waals surface area (Å²) in [5.74, 6) is -0.466. The van der Waals surface area contributed by atoms with Gasteiger partial charge in [-0.05, 0) is 43.3 Å². The van der Waals surface area contributed by atoms with Gasteiger partial charge in [-0.1, -0.05) is 24.3 Å². The van der Waals surface area contributed by atoms with Gasteiger partial charge in [0.1, 0.15) is 5.03 Å². The second-order valence-electron chi connectivity index (χ2n) is 5.93. The number of nitrogens with zero attached hydrogens (tertiary/aromatic N) is 7. The van der Waals surface area contributed by atoms with E-state index in [1.807, 2.05) is 42.7 Å². The van der Waals surface area contributed by atoms with Crippen molar-refractivity contribution in [2.75, 3.05) is 0 Å². The van der Waals surface area contributed by atoms with Crippen LogP contribution in [0.4, 0.5) is 13.2 Å². The van der Waals surface area contributed by atoms with Crippen molar-refractivity contribution in [3.05, 3.63) is 47.8 Å². The molecular formula is C17H14F3N7S. The van der Waals surface area contributed by atoms with E-state index >= 15 is 0 Å². The highest BCUT2D eigenvalue weighted by Crippen LogP contribution is 2.31. The Bertz CT molecular complexity index is 1150. The topological polar surface area (TPSA) is 73.8 Å². The largest absolute Gasteiger partial charge is 0.453 e. The summed E-state index contributed by atoms with van der Waals surface area (Å²) >= 11 is 1.13. The van der Waals surface area contributed by atoms with Crippen LogP contribution in [0.3, 0.4) is 0 Å². The van der Waals surface area contributed by atoms with Crippen molar-refractivity contribution < 1.29 is 13.2 Å². The summed E-state index contributed by atoms with van der Waals surface area (Å²) in [5.41, 5.74) is 2.03. The van der Waals surface area contributed by atoms with Crippen LogP contribution in [-0.4, -0.2) is 34.6 Å². The van der Waals surface area contributed by atoms with E-state index in [1.54, 1.807) is 6.07 Å². The summed E-state index contributed by atoms with van der Waals surface area (Å²) < 4.78 is 41.8. The molecular weight excluding hydrogens is 391 g/mol. The van der Waals surface area contributed by atoms with Crippen molar-refractivity contribution in [1.29, 1.82) is 0 Å². The van der Waals surface area contributed by atoms with Crippen LogP contribution in [0.1, 0.15) is 18.3 Å². The molecule has 144 valence electrons. The van der Waals surface area contributed by atoms with Crippen LogP contribution >= 0.6 is 11.8 Å². The standard InChI is InChI=1S/C17H14F3N7S/c1-3-26-14(11-7-5-4-6-10(11)2)22-24-16(26)28-13-9-8-12-21-23-15(17(18,19)20)27(12)25-13/h4-9H,3H2,1-2H3. The van der Waals surface area contributed by atoms with Gasteiger partial charge in [0.15, 0.2) is 16.6 Å². The van der Waals surface area contributed by atoms with Gasteiger partial charge in [-0.15, -0.1) is 20.4 Å². The van der Waals surface area contributed by atoms with Gasteiger partial charge in [-0.2, -0.15) is 22.8 Å². The Hall–Kier alpha value is -2.95. The first kappa shape index (κ1) is 18.4. The molecule has 0 amide bonds. The Labute approximate surface area is 161 Å². The molecule has 0 spiro atoms. The summed E-state index contributed by atoms with van der Waals surface area (Å²) in [7, 11) is 0. The number of hydrogen-bond acceptors (Lipinski definition) is 6. The molecule has 3 heterocycles. The van der Waals surface area contributed by atoms with Crippen molar-refractivity contribution >= 4 is 17.4 Å². The quantitative estimate of drug-likeness (QED) is 0.513. The fourth-order valence-electron chi connectivity index (χ4n) is 2.77. The maximum atomic E-state index is 13.1. The lowest BCUT2D eigenvalue weighted by molar-refractivity contribution is -0.146. The predicted molar refractivity (Wildman–Crippen MR) is 95.8 cm³/mol. The fourth-order valence-corrected chi connectivity index (χ4v) is 3.62. The average molecular weight is 405 g/mol. The van der Waals surface area contributed by atoms with Crippen molar-refractivity contribution in [3.8, 4) is 11.4 Å². The molecule has 28 heavy (non-hydrogen) atoms. The zero-order valence-corrected chi connectivity index (χ0v) is 15.7. The molecule has 4 rings (SSSR count). The summed E-state index contributed by atoms with van der Waals surface area (Å²) in [6, 6.07) is 10.8. The molecule has 0 aliphatic heterocycles. The van der Waals surface area contributed by atoms with E-state index in [9.17, 15) is 13.2 Å². The molecule has 0 N–H and O–H groups in total. The maximum Gasteiger partial charge on any atom is 0.453 e. The van der Waals surface area contributed by atoms with Crippen LogP contribution in [0.5, 0.6) is 0 Å². The molecule has 4 aromatic rings. The number of rotatable bonds is 4. The maximum absolute atomic E-state index is 13.1. The number of alkyl halides is 3. The number of hydrogen-bond donors (Lipinski definition) is 0. The molecule has 0 radical (unpaired) electrons. The van der Waals surface area contributed by atoms with Gasteiger partial charge in [-0.25, -0.2) is 0 Å². The number of halogens is 3. The zero-order valence-electron chi connectivity index (χ0n) is 14.8. The highest BCUT2D eigenvalue weighted by atomic mass is 32.2. The van der Waals surface area contributed by atoms with Gasteiger partial charge >= 0.3 is 6.18 Å². The number of aryl methyl sites for hydroxylation is 1. The van der Waals surface area contributed by atoms with E-state index < -0.39 is 12.0 Å². The van der Waals surface area contributed by atoms with E-state index in [0.29, 0.717) is 27.1 Å². The molecule has 0 saturated heterocycles.